The van der Waals surface area contributed by atoms with Crippen molar-refractivity contribution in [1.29, 1.82) is 0 Å². The second-order valence-electron chi connectivity index (χ2n) is 8.13. The van der Waals surface area contributed by atoms with E-state index in [0.717, 1.165) is 37.1 Å². The number of unbranched alkanes of at least 4 members (excludes halogenated alkanes) is 1. The van der Waals surface area contributed by atoms with Crippen molar-refractivity contribution in [3.8, 4) is 0 Å². The summed E-state index contributed by atoms with van der Waals surface area (Å²) < 4.78 is 1.97. The van der Waals surface area contributed by atoms with Crippen LogP contribution in [0.1, 0.15) is 65.5 Å². The number of aryl methyl sites for hydroxylation is 4. The van der Waals surface area contributed by atoms with Crippen LogP contribution in [0.4, 0.5) is 0 Å². The Kier molecular flexibility index (Phi) is 7.40. The van der Waals surface area contributed by atoms with Gasteiger partial charge in [0.05, 0.1) is 12.3 Å². The van der Waals surface area contributed by atoms with Crippen LogP contribution in [0.3, 0.4) is 0 Å². The zero-order chi connectivity index (χ0) is 20.0. The first-order valence-corrected chi connectivity index (χ1v) is 9.87. The van der Waals surface area contributed by atoms with E-state index in [9.17, 15) is 9.90 Å². The number of nitrogens with zero attached hydrogens (tertiary/aromatic N) is 1. The van der Waals surface area contributed by atoms with E-state index >= 15 is 0 Å². The monoisotopic (exact) mass is 370 g/mol. The molecule has 1 atom stereocenters. The largest absolute Gasteiger partial charge is 0.394 e. The highest BCUT2D eigenvalue weighted by molar-refractivity contribution is 5.94. The van der Waals surface area contributed by atoms with Gasteiger partial charge in [-0.15, -0.1) is 0 Å². The van der Waals surface area contributed by atoms with Gasteiger partial charge in [-0.05, 0) is 81.7 Å². The maximum atomic E-state index is 12.6. The fraction of sp³-hybridized carbons (Fsp3) is 0.522. The summed E-state index contributed by atoms with van der Waals surface area (Å²) in [6.45, 7) is 6.08. The number of carbonyl (C=O) groups is 1. The van der Waals surface area contributed by atoms with Gasteiger partial charge in [0.2, 0.25) is 0 Å². The topological polar surface area (TPSA) is 68.2 Å². The van der Waals surface area contributed by atoms with Crippen molar-refractivity contribution >= 4 is 5.78 Å². The Labute approximate surface area is 163 Å². The van der Waals surface area contributed by atoms with Gasteiger partial charge >= 0.3 is 0 Å². The fourth-order valence-electron chi connectivity index (χ4n) is 3.28. The Bertz CT molecular complexity index is 775. The Morgan fingerprint density at radius 2 is 1.85 bits per heavy atom. The molecule has 2 aromatic rings. The molecule has 4 heteroatoms. The maximum Gasteiger partial charge on any atom is 0.179 e. The summed E-state index contributed by atoms with van der Waals surface area (Å²) in [6, 6.07) is 10.5. The first-order valence-electron chi connectivity index (χ1n) is 9.87. The predicted molar refractivity (Wildman–Crippen MR) is 111 cm³/mol. The number of hydrogen-bond donors (Lipinski definition) is 2. The molecule has 0 saturated heterocycles. The first-order chi connectivity index (χ1) is 12.7. The standard InChI is InChI=1S/C23H34N2O2/c1-17-9-10-19(15-18(17)2)7-5-6-8-22(27)21-12-11-20(25(21)4)13-14-23(3,24)16-26/h9-12,15,26H,5-8,13-14,16,24H2,1-4H3. The first kappa shape index (κ1) is 21.4. The lowest BCUT2D eigenvalue weighted by molar-refractivity contribution is 0.0971. The molecule has 4 nitrogen and oxygen atoms in total. The number of Topliss-reactive ketones (excluding diaryl/α,β-unsaturated/α-hetero) is 1. The van der Waals surface area contributed by atoms with Gasteiger partial charge in [-0.3, -0.25) is 4.79 Å². The van der Waals surface area contributed by atoms with Gasteiger partial charge in [0.1, 0.15) is 0 Å². The fourth-order valence-corrected chi connectivity index (χ4v) is 3.28. The number of ketones is 1. The van der Waals surface area contributed by atoms with Crippen LogP contribution in [0.2, 0.25) is 0 Å². The summed E-state index contributed by atoms with van der Waals surface area (Å²) in [4.78, 5) is 12.6. The Morgan fingerprint density at radius 1 is 1.11 bits per heavy atom. The van der Waals surface area contributed by atoms with Gasteiger partial charge in [0.15, 0.2) is 5.78 Å². The molecule has 0 spiro atoms. The average molecular weight is 371 g/mol. The van der Waals surface area contributed by atoms with Crippen LogP contribution in [-0.4, -0.2) is 27.6 Å². The highest BCUT2D eigenvalue weighted by atomic mass is 16.3. The molecule has 0 amide bonds. The molecule has 1 aromatic heterocycles. The molecule has 0 saturated carbocycles. The van der Waals surface area contributed by atoms with Gasteiger partial charge in [-0.25, -0.2) is 0 Å². The minimum atomic E-state index is -0.581. The van der Waals surface area contributed by atoms with E-state index in [2.05, 4.69) is 32.0 Å². The number of rotatable bonds is 10. The molecule has 0 bridgehead atoms. The molecular weight excluding hydrogens is 336 g/mol. The van der Waals surface area contributed by atoms with Crippen LogP contribution in [0.25, 0.3) is 0 Å². The summed E-state index contributed by atoms with van der Waals surface area (Å²) in [5.74, 6) is 0.196. The number of aromatic nitrogens is 1. The summed E-state index contributed by atoms with van der Waals surface area (Å²) in [6.07, 6.45) is 4.96. The van der Waals surface area contributed by atoms with Gasteiger partial charge in [0, 0.05) is 24.7 Å². The highest BCUT2D eigenvalue weighted by Crippen LogP contribution is 2.17. The second-order valence-corrected chi connectivity index (χ2v) is 8.13. The third-order valence-corrected chi connectivity index (χ3v) is 5.52. The maximum absolute atomic E-state index is 12.6. The van der Waals surface area contributed by atoms with E-state index in [4.69, 9.17) is 5.73 Å². The molecule has 0 aliphatic carbocycles. The van der Waals surface area contributed by atoms with E-state index in [1.807, 2.05) is 30.7 Å². The molecular formula is C23H34N2O2. The smallest absolute Gasteiger partial charge is 0.179 e. The molecule has 1 unspecified atom stereocenters. The van der Waals surface area contributed by atoms with E-state index < -0.39 is 5.54 Å². The van der Waals surface area contributed by atoms with Gasteiger partial charge in [-0.2, -0.15) is 0 Å². The van der Waals surface area contributed by atoms with Crippen molar-refractivity contribution in [1.82, 2.24) is 4.57 Å². The van der Waals surface area contributed by atoms with E-state index in [-0.39, 0.29) is 12.4 Å². The quantitative estimate of drug-likeness (QED) is 0.493. The summed E-state index contributed by atoms with van der Waals surface area (Å²) in [5, 5.41) is 9.28. The number of carbonyl (C=O) groups excluding carboxylic acids is 1. The van der Waals surface area contributed by atoms with Crippen LogP contribution >= 0.6 is 0 Å². The predicted octanol–water partition coefficient (Wildman–Crippen LogP) is 3.88. The molecule has 0 aliphatic heterocycles. The molecule has 1 heterocycles. The van der Waals surface area contributed by atoms with Gasteiger partial charge in [-0.1, -0.05) is 18.2 Å². The minimum absolute atomic E-state index is 0.0380. The number of aliphatic hydroxyl groups is 1. The van der Waals surface area contributed by atoms with Gasteiger partial charge < -0.3 is 15.4 Å². The molecule has 0 aliphatic rings. The third kappa shape index (κ3) is 6.05. The lowest BCUT2D eigenvalue weighted by atomic mass is 9.97. The molecule has 0 radical (unpaired) electrons. The summed E-state index contributed by atoms with van der Waals surface area (Å²) >= 11 is 0. The number of benzene rings is 1. The zero-order valence-electron chi connectivity index (χ0n) is 17.2. The number of aliphatic hydroxyl groups excluding tert-OH is 1. The van der Waals surface area contributed by atoms with Crippen molar-refractivity contribution in [2.75, 3.05) is 6.61 Å². The Balaban J connectivity index is 1.83. The lowest BCUT2D eigenvalue weighted by Gasteiger charge is -2.21. The van der Waals surface area contributed by atoms with Crippen molar-refractivity contribution < 1.29 is 9.90 Å². The summed E-state index contributed by atoms with van der Waals surface area (Å²) in [5.41, 5.74) is 11.3. The average Bonchev–Trinajstić information content (AvgIpc) is 3.00. The van der Waals surface area contributed by atoms with E-state index in [1.165, 1.54) is 16.7 Å². The Morgan fingerprint density at radius 3 is 2.52 bits per heavy atom. The molecule has 0 fully saturated rings. The number of hydrogen-bond acceptors (Lipinski definition) is 3. The zero-order valence-corrected chi connectivity index (χ0v) is 17.2. The lowest BCUT2D eigenvalue weighted by Crippen LogP contribution is -2.40. The molecule has 27 heavy (non-hydrogen) atoms. The Hall–Kier alpha value is -1.91. The van der Waals surface area contributed by atoms with Crippen LogP contribution in [-0.2, 0) is 19.9 Å². The van der Waals surface area contributed by atoms with Crippen molar-refractivity contribution in [2.24, 2.45) is 12.8 Å². The van der Waals surface area contributed by atoms with Crippen LogP contribution in [0, 0.1) is 13.8 Å². The molecule has 148 valence electrons. The molecule has 1 aromatic carbocycles. The SMILES string of the molecule is Cc1ccc(CCCCC(=O)c2ccc(CCC(C)(N)CO)n2C)cc1C. The normalized spacial score (nSPS) is 13.6. The van der Waals surface area contributed by atoms with Crippen molar-refractivity contribution in [2.45, 2.75) is 64.8 Å². The van der Waals surface area contributed by atoms with Crippen molar-refractivity contribution in [3.05, 3.63) is 58.4 Å². The van der Waals surface area contributed by atoms with Crippen LogP contribution in [0.5, 0.6) is 0 Å². The second kappa shape index (κ2) is 9.34. The third-order valence-electron chi connectivity index (χ3n) is 5.52. The van der Waals surface area contributed by atoms with Crippen molar-refractivity contribution in [3.63, 3.8) is 0 Å². The minimum Gasteiger partial charge on any atom is -0.394 e. The highest BCUT2D eigenvalue weighted by Gasteiger charge is 2.19. The van der Waals surface area contributed by atoms with E-state index in [1.54, 1.807) is 0 Å². The molecule has 2 rings (SSSR count). The molecule has 3 N–H and O–H groups in total. The summed E-state index contributed by atoms with van der Waals surface area (Å²) in [7, 11) is 1.93. The number of nitrogens with two attached hydrogens (primary N) is 1. The van der Waals surface area contributed by atoms with Crippen LogP contribution < -0.4 is 5.73 Å². The van der Waals surface area contributed by atoms with Gasteiger partial charge in [0.25, 0.3) is 0 Å². The van der Waals surface area contributed by atoms with Crippen LogP contribution in [0.15, 0.2) is 30.3 Å². The van der Waals surface area contributed by atoms with E-state index in [0.29, 0.717) is 12.8 Å².